The number of halogens is 1. The molecule has 19 heavy (non-hydrogen) atoms. The Bertz CT molecular complexity index is 456. The predicted octanol–water partition coefficient (Wildman–Crippen LogP) is 1.49. The Hall–Kier alpha value is -1.10. The van der Waals surface area contributed by atoms with Crippen LogP contribution in [0.3, 0.4) is 0 Å². The third-order valence-electron chi connectivity index (χ3n) is 3.45. The van der Waals surface area contributed by atoms with E-state index in [2.05, 4.69) is 22.2 Å². The summed E-state index contributed by atoms with van der Waals surface area (Å²) in [6.07, 6.45) is 0. The molecule has 1 saturated heterocycles. The molecule has 0 saturated carbocycles. The third kappa shape index (κ3) is 3.47. The van der Waals surface area contributed by atoms with Gasteiger partial charge in [-0.3, -0.25) is 4.79 Å². The van der Waals surface area contributed by atoms with Crippen LogP contribution in [-0.4, -0.2) is 57.5 Å². The van der Waals surface area contributed by atoms with Crippen molar-refractivity contribution in [2.75, 3.05) is 51.7 Å². The van der Waals surface area contributed by atoms with Gasteiger partial charge in [-0.25, -0.2) is 0 Å². The number of ketones is 1. The van der Waals surface area contributed by atoms with Crippen LogP contribution in [0.5, 0.6) is 0 Å². The summed E-state index contributed by atoms with van der Waals surface area (Å²) in [5, 5.41) is 3.52. The molecule has 0 aliphatic carbocycles. The molecule has 2 rings (SSSR count). The van der Waals surface area contributed by atoms with Crippen molar-refractivity contribution in [3.63, 3.8) is 0 Å². The van der Waals surface area contributed by atoms with E-state index in [9.17, 15) is 4.79 Å². The highest BCUT2D eigenvalue weighted by Crippen LogP contribution is 2.27. The highest BCUT2D eigenvalue weighted by molar-refractivity contribution is 6.33. The Labute approximate surface area is 119 Å². The molecule has 1 fully saturated rings. The van der Waals surface area contributed by atoms with Crippen LogP contribution in [-0.2, 0) is 0 Å². The summed E-state index contributed by atoms with van der Waals surface area (Å²) in [7, 11) is 3.89. The van der Waals surface area contributed by atoms with Gasteiger partial charge in [-0.05, 0) is 32.3 Å². The molecule has 0 bridgehead atoms. The second kappa shape index (κ2) is 6.37. The summed E-state index contributed by atoms with van der Waals surface area (Å²) >= 11 is 6.32. The molecule has 1 aliphatic heterocycles. The summed E-state index contributed by atoms with van der Waals surface area (Å²) in [5.74, 6) is 0.0642. The van der Waals surface area contributed by atoms with E-state index in [4.69, 9.17) is 11.6 Å². The van der Waals surface area contributed by atoms with Crippen LogP contribution in [0, 0.1) is 0 Å². The number of hydrogen-bond acceptors (Lipinski definition) is 4. The second-order valence-corrected chi connectivity index (χ2v) is 5.32. The minimum Gasteiger partial charge on any atom is -0.368 e. The number of nitrogens with one attached hydrogen (secondary N) is 1. The van der Waals surface area contributed by atoms with E-state index in [-0.39, 0.29) is 5.78 Å². The Balaban J connectivity index is 2.13. The van der Waals surface area contributed by atoms with Crippen molar-refractivity contribution in [1.82, 2.24) is 10.2 Å². The predicted molar refractivity (Wildman–Crippen MR) is 79.4 cm³/mol. The Kier molecular flexibility index (Phi) is 4.80. The fourth-order valence-electron chi connectivity index (χ4n) is 2.25. The number of anilines is 1. The standard InChI is InChI=1S/C14H20ClN3O/c1-16-10-14(19)11-3-4-13(12(15)9-11)18-7-5-17(2)6-8-18/h3-4,9,16H,5-8,10H2,1-2H3. The lowest BCUT2D eigenvalue weighted by Gasteiger charge is -2.34. The first-order valence-corrected chi connectivity index (χ1v) is 6.90. The summed E-state index contributed by atoms with van der Waals surface area (Å²) in [6, 6.07) is 5.59. The molecule has 1 aromatic rings. The summed E-state index contributed by atoms with van der Waals surface area (Å²) < 4.78 is 0. The van der Waals surface area contributed by atoms with Crippen LogP contribution in [0.2, 0.25) is 5.02 Å². The summed E-state index contributed by atoms with van der Waals surface area (Å²) in [4.78, 5) is 16.4. The van der Waals surface area contributed by atoms with Crippen LogP contribution in [0.1, 0.15) is 10.4 Å². The number of hydrogen-bond donors (Lipinski definition) is 1. The van der Waals surface area contributed by atoms with Crippen molar-refractivity contribution in [2.45, 2.75) is 0 Å². The van der Waals surface area contributed by atoms with Gasteiger partial charge < -0.3 is 15.1 Å². The summed E-state index contributed by atoms with van der Waals surface area (Å²) in [6.45, 7) is 4.36. The van der Waals surface area contributed by atoms with Crippen LogP contribution >= 0.6 is 11.6 Å². The molecule has 1 heterocycles. The number of Topliss-reactive ketones (excluding diaryl/α,β-unsaturated/α-hetero) is 1. The van der Waals surface area contributed by atoms with Crippen molar-refractivity contribution in [1.29, 1.82) is 0 Å². The molecule has 4 nitrogen and oxygen atoms in total. The van der Waals surface area contributed by atoms with Crippen LogP contribution < -0.4 is 10.2 Å². The van der Waals surface area contributed by atoms with Crippen molar-refractivity contribution >= 4 is 23.1 Å². The first kappa shape index (κ1) is 14.3. The lowest BCUT2D eigenvalue weighted by Crippen LogP contribution is -2.44. The van der Waals surface area contributed by atoms with E-state index < -0.39 is 0 Å². The van der Waals surface area contributed by atoms with E-state index in [0.717, 1.165) is 31.9 Å². The molecule has 0 unspecified atom stereocenters. The Morgan fingerprint density at radius 1 is 1.32 bits per heavy atom. The number of piperazine rings is 1. The number of benzene rings is 1. The number of carbonyl (C=O) groups excluding carboxylic acids is 1. The molecule has 0 amide bonds. The third-order valence-corrected chi connectivity index (χ3v) is 3.75. The van der Waals surface area contributed by atoms with Gasteiger partial charge in [0, 0.05) is 31.7 Å². The second-order valence-electron chi connectivity index (χ2n) is 4.91. The van der Waals surface area contributed by atoms with Gasteiger partial charge >= 0.3 is 0 Å². The van der Waals surface area contributed by atoms with Crippen molar-refractivity contribution in [3.8, 4) is 0 Å². The number of rotatable bonds is 4. The van der Waals surface area contributed by atoms with Gasteiger partial charge in [0.05, 0.1) is 17.3 Å². The molecule has 1 aromatic carbocycles. The molecule has 1 N–H and O–H groups in total. The van der Waals surface area contributed by atoms with Gasteiger partial charge in [0.2, 0.25) is 0 Å². The zero-order valence-electron chi connectivity index (χ0n) is 11.4. The smallest absolute Gasteiger partial charge is 0.176 e. The minimum absolute atomic E-state index is 0.0642. The fraction of sp³-hybridized carbons (Fsp3) is 0.500. The van der Waals surface area contributed by atoms with Crippen LogP contribution in [0.4, 0.5) is 5.69 Å². The maximum atomic E-state index is 11.8. The average molecular weight is 282 g/mol. The molecule has 0 atom stereocenters. The quantitative estimate of drug-likeness (QED) is 0.849. The molecule has 5 heteroatoms. The molecule has 104 valence electrons. The SMILES string of the molecule is CNCC(=O)c1ccc(N2CCN(C)CC2)c(Cl)c1. The summed E-state index contributed by atoms with van der Waals surface area (Å²) in [5.41, 5.74) is 1.69. The first-order valence-electron chi connectivity index (χ1n) is 6.52. The highest BCUT2D eigenvalue weighted by Gasteiger charge is 2.17. The number of nitrogens with zero attached hydrogens (tertiary/aromatic N) is 2. The van der Waals surface area contributed by atoms with Gasteiger partial charge in [-0.2, -0.15) is 0 Å². The minimum atomic E-state index is 0.0642. The van der Waals surface area contributed by atoms with Gasteiger partial charge in [0.1, 0.15) is 0 Å². The van der Waals surface area contributed by atoms with E-state index in [1.165, 1.54) is 0 Å². The lowest BCUT2D eigenvalue weighted by atomic mass is 10.1. The molecule has 0 radical (unpaired) electrons. The van der Waals surface area contributed by atoms with Gasteiger partial charge in [-0.1, -0.05) is 11.6 Å². The van der Waals surface area contributed by atoms with Crippen LogP contribution in [0.25, 0.3) is 0 Å². The fourth-order valence-corrected chi connectivity index (χ4v) is 2.55. The highest BCUT2D eigenvalue weighted by atomic mass is 35.5. The Morgan fingerprint density at radius 2 is 2.00 bits per heavy atom. The number of carbonyl (C=O) groups is 1. The van der Waals surface area contributed by atoms with Gasteiger partial charge in [-0.15, -0.1) is 0 Å². The lowest BCUT2D eigenvalue weighted by molar-refractivity contribution is 0.0993. The van der Waals surface area contributed by atoms with E-state index >= 15 is 0 Å². The number of likely N-dealkylation sites (N-methyl/N-ethyl adjacent to an activating group) is 2. The molecular weight excluding hydrogens is 262 g/mol. The normalized spacial score (nSPS) is 16.7. The maximum absolute atomic E-state index is 11.8. The van der Waals surface area contributed by atoms with Gasteiger partial charge in [0.25, 0.3) is 0 Å². The first-order chi connectivity index (χ1) is 9.11. The monoisotopic (exact) mass is 281 g/mol. The van der Waals surface area contributed by atoms with E-state index in [1.54, 1.807) is 13.1 Å². The zero-order valence-corrected chi connectivity index (χ0v) is 12.2. The average Bonchev–Trinajstić information content (AvgIpc) is 2.40. The van der Waals surface area contributed by atoms with Gasteiger partial charge in [0.15, 0.2) is 5.78 Å². The largest absolute Gasteiger partial charge is 0.368 e. The molecule has 0 spiro atoms. The van der Waals surface area contributed by atoms with Crippen LogP contribution in [0.15, 0.2) is 18.2 Å². The van der Waals surface area contributed by atoms with Crippen molar-refractivity contribution in [2.24, 2.45) is 0 Å². The maximum Gasteiger partial charge on any atom is 0.176 e. The zero-order chi connectivity index (χ0) is 13.8. The molecular formula is C14H20ClN3O. The molecule has 1 aliphatic rings. The van der Waals surface area contributed by atoms with E-state index in [0.29, 0.717) is 17.1 Å². The Morgan fingerprint density at radius 3 is 2.58 bits per heavy atom. The van der Waals surface area contributed by atoms with Crippen molar-refractivity contribution in [3.05, 3.63) is 28.8 Å². The molecule has 0 aromatic heterocycles. The topological polar surface area (TPSA) is 35.6 Å². The van der Waals surface area contributed by atoms with Crippen molar-refractivity contribution < 1.29 is 4.79 Å². The van der Waals surface area contributed by atoms with E-state index in [1.807, 2.05) is 12.1 Å².